The molecule has 14 N–H and O–H groups in total. The SMILES string of the molecule is C=CC(=O)NC1CCCC(Nc2nc(Nc3cc(C)ns3)ncc2Cl)C1.CC(C)(C)OC(=O)NC1CCCC(Nc2nc(Cl)ncc2Cl)C1.Cc1cc(N)sn1.Cc1cc(Nc2ncc(Cl)c(NC3CCCC(N)C3)n2)sn1.Cc1cc(Nc2ncc(Cl)c(NC3CCCC(NC(=O)OC(C)(C)C)C3)n2)sn1. The number of halogens is 5. The monoisotopic (exact) mass is 1640 g/mol. The van der Waals surface area contributed by atoms with Crippen molar-refractivity contribution in [3.63, 3.8) is 0 Å². The lowest BCUT2D eigenvalue weighted by Gasteiger charge is -2.31. The number of rotatable bonds is 18. The van der Waals surface area contributed by atoms with Crippen molar-refractivity contribution in [2.45, 2.75) is 232 Å². The second-order valence-corrected chi connectivity index (χ2v) is 33.4. The van der Waals surface area contributed by atoms with Crippen molar-refractivity contribution in [3.05, 3.63) is 110 Å². The topological polar surface area (TPSA) is 397 Å². The number of alkyl carbamates (subject to hydrolysis) is 2. The summed E-state index contributed by atoms with van der Waals surface area (Å²) in [4.78, 5) is 69.5. The molecule has 8 atom stereocenters. The van der Waals surface area contributed by atoms with Crippen LogP contribution in [0.3, 0.4) is 0 Å². The van der Waals surface area contributed by atoms with Crippen LogP contribution < -0.4 is 64.6 Å². The number of nitrogens with two attached hydrogens (primary N) is 2. The van der Waals surface area contributed by atoms with E-state index in [1.54, 1.807) is 18.6 Å². The molecule has 29 nitrogen and oxygen atoms in total. The highest BCUT2D eigenvalue weighted by Gasteiger charge is 2.30. The molecule has 4 saturated carbocycles. The Hall–Kier alpha value is -7.60. The third-order valence-electron chi connectivity index (χ3n) is 16.3. The molecule has 8 heterocycles. The molecule has 0 aromatic carbocycles. The predicted octanol–water partition coefficient (Wildman–Crippen LogP) is 16.9. The van der Waals surface area contributed by atoms with Gasteiger partial charge >= 0.3 is 12.2 Å². The Kier molecular flexibility index (Phi) is 32.8. The van der Waals surface area contributed by atoms with E-state index < -0.39 is 11.2 Å². The van der Waals surface area contributed by atoms with Gasteiger partial charge in [0.1, 0.15) is 57.1 Å². The summed E-state index contributed by atoms with van der Waals surface area (Å²) in [5.74, 6) is 3.64. The summed E-state index contributed by atoms with van der Waals surface area (Å²) in [6.07, 6.45) is 22.2. The molecule has 0 aliphatic heterocycles. The summed E-state index contributed by atoms with van der Waals surface area (Å²) in [6.45, 7) is 22.3. The quantitative estimate of drug-likeness (QED) is 0.0280. The van der Waals surface area contributed by atoms with Crippen molar-refractivity contribution in [3.8, 4) is 0 Å². The Morgan fingerprint density at radius 3 is 1.08 bits per heavy atom. The number of carbonyl (C=O) groups is 3. The number of nitrogen functional groups attached to an aromatic ring is 1. The summed E-state index contributed by atoms with van der Waals surface area (Å²) in [5, 5.41) is 37.2. The van der Waals surface area contributed by atoms with Crippen LogP contribution in [0, 0.1) is 27.7 Å². The molecule has 0 saturated heterocycles. The van der Waals surface area contributed by atoms with Crippen LogP contribution in [0.15, 0.2) is 61.7 Å². The summed E-state index contributed by atoms with van der Waals surface area (Å²) >= 11 is 36.1. The molecule has 8 aromatic heterocycles. The molecular weight excluding hydrogens is 1550 g/mol. The normalized spacial score (nSPS) is 19.7. The Labute approximate surface area is 665 Å². The van der Waals surface area contributed by atoms with Crippen molar-refractivity contribution >= 4 is 183 Å². The van der Waals surface area contributed by atoms with E-state index in [0.717, 1.165) is 146 Å². The highest BCUT2D eigenvalue weighted by Crippen LogP contribution is 2.33. The van der Waals surface area contributed by atoms with Gasteiger partial charge in [0.05, 0.1) is 47.6 Å². The van der Waals surface area contributed by atoms with Crippen LogP contribution in [0.25, 0.3) is 0 Å². The van der Waals surface area contributed by atoms with Crippen molar-refractivity contribution in [1.29, 1.82) is 0 Å². The number of nitrogens with zero attached hydrogens (tertiary/aromatic N) is 12. The maximum absolute atomic E-state index is 12.1. The Morgan fingerprint density at radius 2 is 0.776 bits per heavy atom. The molecule has 8 aromatic rings. The van der Waals surface area contributed by atoms with E-state index in [4.69, 9.17) is 78.9 Å². The summed E-state index contributed by atoms with van der Waals surface area (Å²) in [6, 6.07) is 8.98. The third kappa shape index (κ3) is 30.8. The van der Waals surface area contributed by atoms with Gasteiger partial charge in [0, 0.05) is 48.3 Å². The molecule has 3 amide bonds. The van der Waals surface area contributed by atoms with Crippen LogP contribution in [0.1, 0.15) is 167 Å². The van der Waals surface area contributed by atoms with Crippen LogP contribution in [0.2, 0.25) is 25.4 Å². The molecule has 4 aliphatic carbocycles. The number of nitrogens with one attached hydrogen (secondary N) is 10. The average Bonchev–Trinajstić information content (AvgIpc) is 1.80. The number of amides is 3. The fraction of sp³-hybridized carbons (Fsp3) is 0.522. The number of carbonyl (C=O) groups excluding carboxylic acids is 3. The van der Waals surface area contributed by atoms with E-state index in [0.29, 0.717) is 67.2 Å². The molecule has 107 heavy (non-hydrogen) atoms. The van der Waals surface area contributed by atoms with Gasteiger partial charge in [-0.05, 0) is 260 Å². The van der Waals surface area contributed by atoms with Crippen molar-refractivity contribution in [2.24, 2.45) is 5.73 Å². The fourth-order valence-electron chi connectivity index (χ4n) is 11.7. The van der Waals surface area contributed by atoms with Gasteiger partial charge in [0.25, 0.3) is 0 Å². The number of hydrogen-bond donors (Lipinski definition) is 12. The molecule has 8 unspecified atom stereocenters. The van der Waals surface area contributed by atoms with Gasteiger partial charge in [0.15, 0.2) is 17.5 Å². The maximum Gasteiger partial charge on any atom is 0.407 e. The lowest BCUT2D eigenvalue weighted by atomic mass is 9.91. The lowest BCUT2D eigenvalue weighted by molar-refractivity contribution is -0.117. The molecular formula is C69H95Cl5N24O5S4. The molecule has 4 fully saturated rings. The second kappa shape index (κ2) is 41.3. The average molecular weight is 1650 g/mol. The molecule has 38 heteroatoms. The number of ether oxygens (including phenoxy) is 2. The zero-order valence-electron chi connectivity index (χ0n) is 61.4. The lowest BCUT2D eigenvalue weighted by Crippen LogP contribution is -2.44. The first-order valence-electron chi connectivity index (χ1n) is 35.1. The molecule has 0 bridgehead atoms. The molecule has 580 valence electrons. The minimum atomic E-state index is -0.509. The maximum atomic E-state index is 12.1. The highest BCUT2D eigenvalue weighted by molar-refractivity contribution is 7.11. The van der Waals surface area contributed by atoms with Crippen LogP contribution in [0.5, 0.6) is 0 Å². The first-order valence-corrected chi connectivity index (χ1v) is 40.1. The van der Waals surface area contributed by atoms with E-state index in [1.165, 1.54) is 58.4 Å². The van der Waals surface area contributed by atoms with Crippen molar-refractivity contribution < 1.29 is 23.9 Å². The van der Waals surface area contributed by atoms with Gasteiger partial charge in [-0.15, -0.1) is 0 Å². The summed E-state index contributed by atoms with van der Waals surface area (Å²) in [5.41, 5.74) is 14.2. The van der Waals surface area contributed by atoms with E-state index in [-0.39, 0.29) is 65.7 Å². The largest absolute Gasteiger partial charge is 0.444 e. The molecule has 4 aliphatic rings. The van der Waals surface area contributed by atoms with E-state index in [2.05, 4.69) is 117 Å². The van der Waals surface area contributed by atoms with Crippen LogP contribution in [-0.4, -0.2) is 135 Å². The van der Waals surface area contributed by atoms with Gasteiger partial charge in [-0.25, -0.2) is 29.5 Å². The van der Waals surface area contributed by atoms with Gasteiger partial charge in [-0.1, -0.05) is 53.0 Å². The van der Waals surface area contributed by atoms with E-state index in [1.807, 2.05) is 93.5 Å². The van der Waals surface area contributed by atoms with Crippen molar-refractivity contribution in [1.82, 2.24) is 73.3 Å². The minimum Gasteiger partial charge on any atom is -0.444 e. The predicted molar refractivity (Wildman–Crippen MR) is 435 cm³/mol. The first-order chi connectivity index (χ1) is 50.8. The first kappa shape index (κ1) is 85.0. The number of anilines is 11. The highest BCUT2D eigenvalue weighted by atomic mass is 35.5. The molecule has 0 spiro atoms. The standard InChI is InChI=1S/C19H27ClN6O2S.C17H21ClN6OS.C15H22Cl2N4O2.C14H19ClN6S.C4H6N2S/c1-11-8-15(29-26-11)24-17-21-10-14(20)16(25-17)22-12-6-5-7-13(9-12)23-18(27)28-19(2,3)4;1-3-14(25)20-11-5-4-6-12(8-11)21-16-13(18)9-19-17(23-16)22-15-7-10(2)24-26-15;1-15(2,3)23-14(22)20-10-6-4-5-9(7-10)19-12-11(16)8-18-13(17)21-12;1-8-5-12(22-21-8)19-14-17-7-11(15)13(20-14)18-10-4-2-3-9(16)6-10;1-3-2-4(5)7-6-3/h8,10,12-13H,5-7,9H2,1-4H3,(H,23,27)(H2,21,22,24,25);3,7,9,11-12H,1,4-6,8H2,2H3,(H,20,25)(H2,19,21,22,23);8-10H,4-7H2,1-3H3,(H,20,22)(H,18,19,21);5,7,9-10H,2-4,6,16H2,1H3,(H2,17,18,19,20);2H,5H2,1H3. The van der Waals surface area contributed by atoms with Crippen molar-refractivity contribution in [2.75, 3.05) is 43.0 Å². The van der Waals surface area contributed by atoms with Gasteiger partial charge in [-0.2, -0.15) is 37.4 Å². The minimum absolute atomic E-state index is 0.0504. The number of aromatic nitrogens is 12. The van der Waals surface area contributed by atoms with Crippen LogP contribution in [-0.2, 0) is 14.3 Å². The Morgan fingerprint density at radius 1 is 0.458 bits per heavy atom. The summed E-state index contributed by atoms with van der Waals surface area (Å²) < 4.78 is 27.3. The molecule has 0 radical (unpaired) electrons. The van der Waals surface area contributed by atoms with Gasteiger partial charge in [-0.3, -0.25) is 4.79 Å². The Bertz CT molecular complexity index is 4160. The number of aryl methyl sites for hydroxylation is 4. The van der Waals surface area contributed by atoms with Gasteiger partial charge in [0.2, 0.25) is 29.0 Å². The summed E-state index contributed by atoms with van der Waals surface area (Å²) in [7, 11) is 0. The Balaban J connectivity index is 0.000000175. The molecule has 12 rings (SSSR count). The third-order valence-corrected chi connectivity index (χ3v) is 20.6. The van der Waals surface area contributed by atoms with Crippen LogP contribution >= 0.6 is 104 Å². The zero-order valence-corrected chi connectivity index (χ0v) is 68.5. The van der Waals surface area contributed by atoms with E-state index in [9.17, 15) is 14.4 Å². The van der Waals surface area contributed by atoms with Gasteiger partial charge < -0.3 is 74.1 Å². The second-order valence-electron chi connectivity index (χ2n) is 28.1. The fourth-order valence-corrected chi connectivity index (χ4v) is 14.9. The van der Waals surface area contributed by atoms with E-state index >= 15 is 0 Å². The van der Waals surface area contributed by atoms with Crippen LogP contribution in [0.4, 0.5) is 70.7 Å². The smallest absolute Gasteiger partial charge is 0.407 e. The number of hydrogen-bond acceptors (Lipinski definition) is 30. The zero-order chi connectivity index (χ0) is 77.4.